The van der Waals surface area contributed by atoms with Gasteiger partial charge in [0.2, 0.25) is 0 Å². The van der Waals surface area contributed by atoms with Crippen molar-refractivity contribution in [2.45, 2.75) is 40.5 Å². The largest absolute Gasteiger partial charge is 0.339 e. The van der Waals surface area contributed by atoms with Gasteiger partial charge in [0.25, 0.3) is 5.91 Å². The molecule has 0 aliphatic carbocycles. The standard InChI is InChI=1S/C16H23NO/c1-11-5-7-17(8-6-11)16(18)15-10-13(3)12(2)9-14(15)4/h9-11H,5-8H2,1-4H3. The molecule has 0 saturated carbocycles. The van der Waals surface area contributed by atoms with Gasteiger partial charge in [-0.2, -0.15) is 0 Å². The zero-order valence-corrected chi connectivity index (χ0v) is 11.9. The number of rotatable bonds is 1. The molecule has 2 rings (SSSR count). The maximum atomic E-state index is 12.5. The molecule has 1 fully saturated rings. The van der Waals surface area contributed by atoms with Crippen LogP contribution in [0.2, 0.25) is 0 Å². The van der Waals surface area contributed by atoms with Crippen LogP contribution in [0.5, 0.6) is 0 Å². The van der Waals surface area contributed by atoms with E-state index in [2.05, 4.69) is 26.8 Å². The van der Waals surface area contributed by atoms with Crippen LogP contribution in [0.4, 0.5) is 0 Å². The highest BCUT2D eigenvalue weighted by atomic mass is 16.2. The van der Waals surface area contributed by atoms with Crippen molar-refractivity contribution in [1.82, 2.24) is 4.90 Å². The zero-order chi connectivity index (χ0) is 13.3. The molecule has 98 valence electrons. The van der Waals surface area contributed by atoms with Crippen LogP contribution >= 0.6 is 0 Å². The smallest absolute Gasteiger partial charge is 0.254 e. The summed E-state index contributed by atoms with van der Waals surface area (Å²) in [6, 6.07) is 4.17. The van der Waals surface area contributed by atoms with E-state index < -0.39 is 0 Å². The lowest BCUT2D eigenvalue weighted by molar-refractivity contribution is 0.0696. The minimum absolute atomic E-state index is 0.211. The minimum Gasteiger partial charge on any atom is -0.339 e. The summed E-state index contributed by atoms with van der Waals surface area (Å²) in [5.41, 5.74) is 4.44. The summed E-state index contributed by atoms with van der Waals surface area (Å²) in [6.45, 7) is 10.3. The highest BCUT2D eigenvalue weighted by Crippen LogP contribution is 2.21. The molecule has 0 spiro atoms. The molecule has 2 nitrogen and oxygen atoms in total. The first-order valence-corrected chi connectivity index (χ1v) is 6.86. The zero-order valence-electron chi connectivity index (χ0n) is 11.9. The van der Waals surface area contributed by atoms with Gasteiger partial charge in [-0.15, -0.1) is 0 Å². The van der Waals surface area contributed by atoms with Crippen molar-refractivity contribution in [2.75, 3.05) is 13.1 Å². The molecule has 0 atom stereocenters. The van der Waals surface area contributed by atoms with Crippen LogP contribution in [0.3, 0.4) is 0 Å². The topological polar surface area (TPSA) is 20.3 Å². The van der Waals surface area contributed by atoms with Crippen LogP contribution in [0.15, 0.2) is 12.1 Å². The number of likely N-dealkylation sites (tertiary alicyclic amines) is 1. The third kappa shape index (κ3) is 2.58. The van der Waals surface area contributed by atoms with Crippen molar-refractivity contribution in [3.8, 4) is 0 Å². The molecule has 0 bridgehead atoms. The highest BCUT2D eigenvalue weighted by Gasteiger charge is 2.22. The summed E-state index contributed by atoms with van der Waals surface area (Å²) in [4.78, 5) is 14.5. The lowest BCUT2D eigenvalue weighted by atomic mass is 9.96. The maximum Gasteiger partial charge on any atom is 0.254 e. The van der Waals surface area contributed by atoms with E-state index in [1.165, 1.54) is 11.1 Å². The molecular formula is C16H23NO. The SMILES string of the molecule is Cc1cc(C)c(C(=O)N2CCC(C)CC2)cc1C. The summed E-state index contributed by atoms with van der Waals surface area (Å²) in [6.07, 6.45) is 2.27. The molecule has 18 heavy (non-hydrogen) atoms. The maximum absolute atomic E-state index is 12.5. The summed E-state index contributed by atoms with van der Waals surface area (Å²) < 4.78 is 0. The second-order valence-electron chi connectivity index (χ2n) is 5.73. The number of carbonyl (C=O) groups excluding carboxylic acids is 1. The molecule has 0 radical (unpaired) electrons. The molecule has 1 aromatic carbocycles. The van der Waals surface area contributed by atoms with E-state index in [0.29, 0.717) is 0 Å². The van der Waals surface area contributed by atoms with E-state index in [0.717, 1.165) is 43.0 Å². The van der Waals surface area contributed by atoms with E-state index in [1.54, 1.807) is 0 Å². The predicted octanol–water partition coefficient (Wildman–Crippen LogP) is 3.48. The fourth-order valence-corrected chi connectivity index (χ4v) is 2.57. The molecular weight excluding hydrogens is 222 g/mol. The molecule has 1 heterocycles. The lowest BCUT2D eigenvalue weighted by Crippen LogP contribution is -2.38. The molecule has 2 heteroatoms. The number of hydrogen-bond acceptors (Lipinski definition) is 1. The van der Waals surface area contributed by atoms with Gasteiger partial charge >= 0.3 is 0 Å². The third-order valence-corrected chi connectivity index (χ3v) is 4.14. The molecule has 0 aromatic heterocycles. The number of hydrogen-bond donors (Lipinski definition) is 0. The summed E-state index contributed by atoms with van der Waals surface area (Å²) in [5, 5.41) is 0. The van der Waals surface area contributed by atoms with Gasteiger partial charge in [0.05, 0.1) is 0 Å². The first-order chi connectivity index (χ1) is 8.49. The Hall–Kier alpha value is -1.31. The van der Waals surface area contributed by atoms with Gasteiger partial charge in [0.15, 0.2) is 0 Å². The van der Waals surface area contributed by atoms with Gasteiger partial charge in [0.1, 0.15) is 0 Å². The monoisotopic (exact) mass is 245 g/mol. The quantitative estimate of drug-likeness (QED) is 0.741. The van der Waals surface area contributed by atoms with Crippen LogP contribution in [0, 0.1) is 26.7 Å². The molecule has 1 aliphatic rings. The number of nitrogens with zero attached hydrogens (tertiary/aromatic N) is 1. The van der Waals surface area contributed by atoms with Crippen molar-refractivity contribution >= 4 is 5.91 Å². The Bertz CT molecular complexity index is 456. The van der Waals surface area contributed by atoms with E-state index in [1.807, 2.05) is 17.9 Å². The van der Waals surface area contributed by atoms with Gasteiger partial charge in [0, 0.05) is 18.7 Å². The predicted molar refractivity (Wildman–Crippen MR) is 75.0 cm³/mol. The molecule has 0 unspecified atom stereocenters. The third-order valence-electron chi connectivity index (χ3n) is 4.14. The second-order valence-corrected chi connectivity index (χ2v) is 5.73. The first kappa shape index (κ1) is 13.1. The van der Waals surface area contributed by atoms with Gasteiger partial charge < -0.3 is 4.90 Å². The van der Waals surface area contributed by atoms with E-state index in [-0.39, 0.29) is 5.91 Å². The Morgan fingerprint density at radius 1 is 1.06 bits per heavy atom. The van der Waals surface area contributed by atoms with Crippen molar-refractivity contribution in [2.24, 2.45) is 5.92 Å². The number of benzene rings is 1. The van der Waals surface area contributed by atoms with Crippen molar-refractivity contribution in [3.05, 3.63) is 34.4 Å². The van der Waals surface area contributed by atoms with Gasteiger partial charge in [-0.05, 0) is 62.3 Å². The number of carbonyl (C=O) groups is 1. The Morgan fingerprint density at radius 2 is 1.61 bits per heavy atom. The van der Waals surface area contributed by atoms with Crippen molar-refractivity contribution in [1.29, 1.82) is 0 Å². The normalized spacial score (nSPS) is 17.0. The summed E-state index contributed by atoms with van der Waals surface area (Å²) >= 11 is 0. The fourth-order valence-electron chi connectivity index (χ4n) is 2.57. The average molecular weight is 245 g/mol. The van der Waals surface area contributed by atoms with Crippen LogP contribution < -0.4 is 0 Å². The number of piperidine rings is 1. The Balaban J connectivity index is 2.21. The summed E-state index contributed by atoms with van der Waals surface area (Å²) in [5.74, 6) is 0.970. The van der Waals surface area contributed by atoms with Crippen molar-refractivity contribution in [3.63, 3.8) is 0 Å². The van der Waals surface area contributed by atoms with Crippen LogP contribution in [-0.4, -0.2) is 23.9 Å². The molecule has 1 aliphatic heterocycles. The highest BCUT2D eigenvalue weighted by molar-refractivity contribution is 5.96. The van der Waals surface area contributed by atoms with E-state index in [4.69, 9.17) is 0 Å². The Kier molecular flexibility index (Phi) is 3.74. The van der Waals surface area contributed by atoms with E-state index in [9.17, 15) is 4.79 Å². The van der Waals surface area contributed by atoms with Crippen LogP contribution in [0.25, 0.3) is 0 Å². The van der Waals surface area contributed by atoms with Gasteiger partial charge in [-0.1, -0.05) is 13.0 Å². The second kappa shape index (κ2) is 5.13. The lowest BCUT2D eigenvalue weighted by Gasteiger charge is -2.31. The van der Waals surface area contributed by atoms with E-state index >= 15 is 0 Å². The number of aryl methyl sites for hydroxylation is 3. The summed E-state index contributed by atoms with van der Waals surface area (Å²) in [7, 11) is 0. The Labute approximate surface area is 110 Å². The van der Waals surface area contributed by atoms with Crippen molar-refractivity contribution < 1.29 is 4.79 Å². The van der Waals surface area contributed by atoms with Crippen LogP contribution in [-0.2, 0) is 0 Å². The molecule has 1 aromatic rings. The van der Waals surface area contributed by atoms with Crippen LogP contribution in [0.1, 0.15) is 46.8 Å². The fraction of sp³-hybridized carbons (Fsp3) is 0.562. The first-order valence-electron chi connectivity index (χ1n) is 6.86. The minimum atomic E-state index is 0.211. The number of amides is 1. The van der Waals surface area contributed by atoms with Gasteiger partial charge in [-0.25, -0.2) is 0 Å². The molecule has 1 amide bonds. The Morgan fingerprint density at radius 3 is 2.22 bits per heavy atom. The average Bonchev–Trinajstić information content (AvgIpc) is 2.34. The van der Waals surface area contributed by atoms with Gasteiger partial charge in [-0.3, -0.25) is 4.79 Å². The molecule has 0 N–H and O–H groups in total. The molecule has 1 saturated heterocycles.